The van der Waals surface area contributed by atoms with E-state index in [2.05, 4.69) is 15.9 Å². The molecule has 0 N–H and O–H groups in total. The zero-order chi connectivity index (χ0) is 21.3. The van der Waals surface area contributed by atoms with Gasteiger partial charge in [0.15, 0.2) is 11.4 Å². The third-order valence-electron chi connectivity index (χ3n) is 4.88. The van der Waals surface area contributed by atoms with Gasteiger partial charge in [-0.05, 0) is 39.2 Å². The molecule has 0 saturated carbocycles. The number of benzene rings is 2. The van der Waals surface area contributed by atoms with Crippen molar-refractivity contribution in [3.63, 3.8) is 0 Å². The first-order valence-corrected chi connectivity index (χ1v) is 10.8. The van der Waals surface area contributed by atoms with Crippen LogP contribution in [-0.2, 0) is 19.7 Å². The minimum Gasteiger partial charge on any atom is -0.483 e. The van der Waals surface area contributed by atoms with Gasteiger partial charge in [-0.15, -0.1) is 0 Å². The fourth-order valence-electron chi connectivity index (χ4n) is 3.36. The van der Waals surface area contributed by atoms with Gasteiger partial charge in [0.1, 0.15) is 6.61 Å². The molecule has 0 aliphatic carbocycles. The molecule has 30 heavy (non-hydrogen) atoms. The number of amides is 1. The molecular formula is C22H17BrCl2N2O3. The van der Waals surface area contributed by atoms with Gasteiger partial charge in [0, 0.05) is 25.8 Å². The molecule has 5 nitrogen and oxygen atoms in total. The number of ether oxygens (including phenoxy) is 1. The summed E-state index contributed by atoms with van der Waals surface area (Å²) >= 11 is 15.4. The Bertz CT molecular complexity index is 1170. The molecule has 0 spiro atoms. The fraction of sp³-hybridized carbons (Fsp3) is 0.182. The summed E-state index contributed by atoms with van der Waals surface area (Å²) in [5.74, 6) is -0.211. The van der Waals surface area contributed by atoms with Crippen molar-refractivity contribution in [2.24, 2.45) is 0 Å². The molecule has 0 atom stereocenters. The molecule has 1 aliphatic rings. The maximum Gasteiger partial charge on any atom is 0.274 e. The number of fused-ring (bicyclic) bond motifs is 1. The van der Waals surface area contributed by atoms with Gasteiger partial charge in [-0.25, -0.2) is 0 Å². The summed E-state index contributed by atoms with van der Waals surface area (Å²) in [6.45, 7) is 1.60. The number of rotatable bonds is 5. The van der Waals surface area contributed by atoms with Crippen LogP contribution in [0.4, 0.5) is 0 Å². The molecule has 154 valence electrons. The Morgan fingerprint density at radius 3 is 2.47 bits per heavy atom. The van der Waals surface area contributed by atoms with Crippen LogP contribution in [0.1, 0.15) is 21.6 Å². The first kappa shape index (κ1) is 21.0. The Labute approximate surface area is 191 Å². The van der Waals surface area contributed by atoms with Crippen molar-refractivity contribution < 1.29 is 9.53 Å². The van der Waals surface area contributed by atoms with Crippen LogP contribution in [0.2, 0.25) is 10.0 Å². The molecular weight excluding hydrogens is 491 g/mol. The lowest BCUT2D eigenvalue weighted by molar-refractivity contribution is 0.0680. The smallest absolute Gasteiger partial charge is 0.274 e. The molecule has 3 aromatic rings. The highest BCUT2D eigenvalue weighted by atomic mass is 79.9. The number of pyridine rings is 1. The minimum atomic E-state index is -0.345. The first-order chi connectivity index (χ1) is 14.4. The van der Waals surface area contributed by atoms with Gasteiger partial charge in [0.25, 0.3) is 5.91 Å². The molecule has 0 unspecified atom stereocenters. The van der Waals surface area contributed by atoms with Crippen molar-refractivity contribution in [1.29, 1.82) is 0 Å². The largest absolute Gasteiger partial charge is 0.483 e. The Morgan fingerprint density at radius 2 is 1.73 bits per heavy atom. The Kier molecular flexibility index (Phi) is 6.18. The second-order valence-corrected chi connectivity index (χ2v) is 8.60. The molecule has 0 saturated heterocycles. The summed E-state index contributed by atoms with van der Waals surface area (Å²) in [7, 11) is 0. The molecule has 1 amide bonds. The van der Waals surface area contributed by atoms with E-state index in [9.17, 15) is 9.59 Å². The van der Waals surface area contributed by atoms with E-state index in [0.29, 0.717) is 34.2 Å². The number of aromatic nitrogens is 1. The van der Waals surface area contributed by atoms with Crippen molar-refractivity contribution in [1.82, 2.24) is 9.47 Å². The van der Waals surface area contributed by atoms with Gasteiger partial charge in [-0.3, -0.25) is 9.59 Å². The number of carbonyl (C=O) groups excluding carboxylic acids is 1. The highest BCUT2D eigenvalue weighted by Gasteiger charge is 2.30. The summed E-state index contributed by atoms with van der Waals surface area (Å²) in [6, 6.07) is 14.8. The first-order valence-electron chi connectivity index (χ1n) is 9.27. The molecule has 0 radical (unpaired) electrons. The Balaban J connectivity index is 1.64. The predicted molar refractivity (Wildman–Crippen MR) is 120 cm³/mol. The monoisotopic (exact) mass is 506 g/mol. The molecule has 4 rings (SSSR count). The zero-order valence-corrected chi connectivity index (χ0v) is 18.9. The number of halogens is 3. The third-order valence-corrected chi connectivity index (χ3v) is 6.18. The topological polar surface area (TPSA) is 51.5 Å². The molecule has 0 fully saturated rings. The van der Waals surface area contributed by atoms with E-state index < -0.39 is 0 Å². The number of carbonyl (C=O) groups is 1. The molecule has 8 heteroatoms. The second-order valence-electron chi connectivity index (χ2n) is 6.93. The minimum absolute atomic E-state index is 0.0528. The maximum absolute atomic E-state index is 13.3. The van der Waals surface area contributed by atoms with Crippen LogP contribution in [0, 0.1) is 0 Å². The molecule has 2 heterocycles. The van der Waals surface area contributed by atoms with Gasteiger partial charge >= 0.3 is 0 Å². The van der Waals surface area contributed by atoms with Crippen LogP contribution in [0.15, 0.2) is 64.0 Å². The molecule has 2 aromatic carbocycles. The average Bonchev–Trinajstić information content (AvgIpc) is 2.74. The van der Waals surface area contributed by atoms with Crippen molar-refractivity contribution >= 4 is 45.0 Å². The lowest BCUT2D eigenvalue weighted by Crippen LogP contribution is -2.41. The van der Waals surface area contributed by atoms with E-state index >= 15 is 0 Å². The van der Waals surface area contributed by atoms with E-state index in [1.165, 1.54) is 0 Å². The van der Waals surface area contributed by atoms with Gasteiger partial charge in [-0.1, -0.05) is 59.6 Å². The zero-order valence-electron chi connectivity index (χ0n) is 15.8. The predicted octanol–water partition coefficient (Wildman–Crippen LogP) is 5.15. The van der Waals surface area contributed by atoms with Gasteiger partial charge in [0.2, 0.25) is 5.43 Å². The van der Waals surface area contributed by atoms with Gasteiger partial charge in [0.05, 0.1) is 14.5 Å². The fourth-order valence-corrected chi connectivity index (χ4v) is 4.10. The quantitative estimate of drug-likeness (QED) is 0.479. The van der Waals surface area contributed by atoms with Crippen LogP contribution < -0.4 is 10.2 Å². The van der Waals surface area contributed by atoms with Crippen LogP contribution in [-0.4, -0.2) is 21.9 Å². The highest BCUT2D eigenvalue weighted by Crippen LogP contribution is 2.27. The molecule has 0 bridgehead atoms. The standard InChI is InChI=1S/C22H17BrCl2N2O3/c23-16-12-26-8-9-27(11-15-6-7-17(24)18(25)10-15)22(29)19(26)21(20(16)28)30-13-14-4-2-1-3-5-14/h1-7,10,12H,8-9,11,13H2. The summed E-state index contributed by atoms with van der Waals surface area (Å²) < 4.78 is 7.98. The van der Waals surface area contributed by atoms with Crippen LogP contribution >= 0.6 is 39.1 Å². The normalized spacial score (nSPS) is 13.3. The van der Waals surface area contributed by atoms with Crippen LogP contribution in [0.5, 0.6) is 5.75 Å². The van der Waals surface area contributed by atoms with Gasteiger partial charge < -0.3 is 14.2 Å². The van der Waals surface area contributed by atoms with E-state index in [1.54, 1.807) is 27.8 Å². The van der Waals surface area contributed by atoms with E-state index in [1.807, 2.05) is 36.4 Å². The molecule has 1 aliphatic heterocycles. The van der Waals surface area contributed by atoms with E-state index in [4.69, 9.17) is 27.9 Å². The summed E-state index contributed by atoms with van der Waals surface area (Å²) in [4.78, 5) is 27.7. The van der Waals surface area contributed by atoms with Crippen molar-refractivity contribution in [3.05, 3.63) is 96.3 Å². The van der Waals surface area contributed by atoms with Crippen molar-refractivity contribution in [2.45, 2.75) is 19.7 Å². The summed E-state index contributed by atoms with van der Waals surface area (Å²) in [6.07, 6.45) is 1.64. The Hall–Kier alpha value is -2.28. The number of hydrogen-bond acceptors (Lipinski definition) is 3. The van der Waals surface area contributed by atoms with Gasteiger partial charge in [-0.2, -0.15) is 0 Å². The SMILES string of the molecule is O=C1c2c(OCc3ccccc3)c(=O)c(Br)cn2CCN1Cc1ccc(Cl)c(Cl)c1. The summed E-state index contributed by atoms with van der Waals surface area (Å²) in [5, 5.41) is 0.898. The van der Waals surface area contributed by atoms with Crippen molar-refractivity contribution in [2.75, 3.05) is 6.54 Å². The van der Waals surface area contributed by atoms with Crippen LogP contribution in [0.25, 0.3) is 0 Å². The highest BCUT2D eigenvalue weighted by molar-refractivity contribution is 9.10. The molecule has 1 aromatic heterocycles. The lowest BCUT2D eigenvalue weighted by atomic mass is 10.1. The number of hydrogen-bond donors (Lipinski definition) is 0. The third kappa shape index (κ3) is 4.26. The Morgan fingerprint density at radius 1 is 0.967 bits per heavy atom. The lowest BCUT2D eigenvalue weighted by Gasteiger charge is -2.31. The van der Waals surface area contributed by atoms with E-state index in [0.717, 1.165) is 11.1 Å². The summed E-state index contributed by atoms with van der Waals surface area (Å²) in [5.41, 5.74) is 1.68. The van der Waals surface area contributed by atoms with Crippen molar-refractivity contribution in [3.8, 4) is 5.75 Å². The average molecular weight is 508 g/mol. The van der Waals surface area contributed by atoms with E-state index in [-0.39, 0.29) is 29.4 Å². The van der Waals surface area contributed by atoms with Crippen LogP contribution in [0.3, 0.4) is 0 Å². The number of nitrogens with zero attached hydrogens (tertiary/aromatic N) is 2. The maximum atomic E-state index is 13.3. The second kappa shape index (κ2) is 8.84.